The Morgan fingerprint density at radius 1 is 1.60 bits per heavy atom. The van der Waals surface area contributed by atoms with Crippen molar-refractivity contribution in [3.63, 3.8) is 0 Å². The highest BCUT2D eigenvalue weighted by molar-refractivity contribution is 7.99. The van der Waals surface area contributed by atoms with E-state index in [0.29, 0.717) is 5.25 Å². The van der Waals surface area contributed by atoms with Crippen LogP contribution in [0.1, 0.15) is 19.3 Å². The van der Waals surface area contributed by atoms with Crippen LogP contribution in [0, 0.1) is 0 Å². The van der Waals surface area contributed by atoms with E-state index in [2.05, 4.69) is 16.3 Å². The first-order chi connectivity index (χ1) is 4.88. The van der Waals surface area contributed by atoms with Crippen molar-refractivity contribution in [3.05, 3.63) is 10.4 Å². The number of thioether (sulfide) groups is 1. The highest BCUT2D eigenvalue weighted by atomic mass is 32.2. The van der Waals surface area contributed by atoms with Crippen molar-refractivity contribution in [3.8, 4) is 0 Å². The smallest absolute Gasteiger partial charge is 0.0492 e. The number of hydrogen-bond acceptors (Lipinski definition) is 2. The number of azide groups is 1. The highest BCUT2D eigenvalue weighted by Crippen LogP contribution is 2.30. The fourth-order valence-electron chi connectivity index (χ4n) is 1.38. The Balaban J connectivity index is 2.49. The molecule has 0 heterocycles. The van der Waals surface area contributed by atoms with E-state index in [-0.39, 0.29) is 6.04 Å². The Kier molecular flexibility index (Phi) is 2.90. The molecule has 0 saturated heterocycles. The molecule has 10 heavy (non-hydrogen) atoms. The summed E-state index contributed by atoms with van der Waals surface area (Å²) >= 11 is 1.82. The highest BCUT2D eigenvalue weighted by Gasteiger charge is 2.24. The van der Waals surface area contributed by atoms with Gasteiger partial charge in [-0.1, -0.05) is 11.5 Å². The van der Waals surface area contributed by atoms with Gasteiger partial charge in [0.1, 0.15) is 0 Å². The summed E-state index contributed by atoms with van der Waals surface area (Å²) in [7, 11) is 0. The lowest BCUT2D eigenvalue weighted by Crippen LogP contribution is -2.11. The van der Waals surface area contributed by atoms with Crippen molar-refractivity contribution in [1.29, 1.82) is 0 Å². The monoisotopic (exact) mass is 157 g/mol. The van der Waals surface area contributed by atoms with Gasteiger partial charge in [0.2, 0.25) is 0 Å². The summed E-state index contributed by atoms with van der Waals surface area (Å²) in [6, 6.07) is 0.264. The second-order valence-corrected chi connectivity index (χ2v) is 3.55. The molecular formula is C6H11N3S. The molecule has 1 saturated carbocycles. The van der Waals surface area contributed by atoms with Crippen molar-refractivity contribution in [2.75, 3.05) is 6.26 Å². The molecule has 1 fully saturated rings. The van der Waals surface area contributed by atoms with Gasteiger partial charge in [-0.25, -0.2) is 0 Å². The third-order valence-electron chi connectivity index (χ3n) is 1.92. The topological polar surface area (TPSA) is 48.8 Å². The minimum absolute atomic E-state index is 0.264. The molecule has 0 radical (unpaired) electrons. The molecule has 0 unspecified atom stereocenters. The van der Waals surface area contributed by atoms with Crippen molar-refractivity contribution < 1.29 is 0 Å². The minimum Gasteiger partial charge on any atom is -0.162 e. The molecule has 0 aromatic heterocycles. The predicted octanol–water partition coefficient (Wildman–Crippen LogP) is 2.58. The molecule has 0 aliphatic heterocycles. The Morgan fingerprint density at radius 2 is 2.40 bits per heavy atom. The summed E-state index contributed by atoms with van der Waals surface area (Å²) in [5.74, 6) is 0. The third kappa shape index (κ3) is 1.58. The van der Waals surface area contributed by atoms with Crippen LogP contribution in [-0.2, 0) is 0 Å². The quantitative estimate of drug-likeness (QED) is 0.345. The maximum Gasteiger partial charge on any atom is 0.0492 e. The summed E-state index contributed by atoms with van der Waals surface area (Å²) in [6.07, 6.45) is 5.59. The zero-order valence-corrected chi connectivity index (χ0v) is 6.84. The van der Waals surface area contributed by atoms with Gasteiger partial charge in [-0.2, -0.15) is 11.8 Å². The number of rotatable bonds is 2. The number of hydrogen-bond donors (Lipinski definition) is 0. The molecule has 3 nitrogen and oxygen atoms in total. The van der Waals surface area contributed by atoms with Crippen LogP contribution in [-0.4, -0.2) is 17.5 Å². The molecule has 0 bridgehead atoms. The summed E-state index contributed by atoms with van der Waals surface area (Å²) in [5, 5.41) is 4.32. The molecule has 2 atom stereocenters. The van der Waals surface area contributed by atoms with Crippen LogP contribution in [0.25, 0.3) is 10.4 Å². The SMILES string of the molecule is CS[C@@H]1CCC[C@H]1N=[N+]=[N-]. The molecule has 1 aliphatic rings. The van der Waals surface area contributed by atoms with Crippen LogP contribution in [0.4, 0.5) is 0 Å². The molecule has 1 aliphatic carbocycles. The first-order valence-corrected chi connectivity index (χ1v) is 4.74. The van der Waals surface area contributed by atoms with E-state index in [9.17, 15) is 0 Å². The van der Waals surface area contributed by atoms with Crippen LogP contribution in [0.3, 0.4) is 0 Å². The zero-order chi connectivity index (χ0) is 7.40. The standard InChI is InChI=1S/C6H11N3S/c1-10-6-4-2-3-5(6)8-9-7/h5-6H,2-4H2,1H3/t5-,6-/m1/s1. The van der Waals surface area contributed by atoms with Crippen molar-refractivity contribution in [1.82, 2.24) is 0 Å². The molecule has 56 valence electrons. The van der Waals surface area contributed by atoms with Gasteiger partial charge in [0, 0.05) is 16.2 Å². The largest absolute Gasteiger partial charge is 0.162 e. The lowest BCUT2D eigenvalue weighted by molar-refractivity contribution is 0.711. The van der Waals surface area contributed by atoms with E-state index in [1.165, 1.54) is 12.8 Å². The van der Waals surface area contributed by atoms with E-state index < -0.39 is 0 Å². The molecule has 0 aromatic rings. The summed E-state index contributed by atoms with van der Waals surface area (Å²) < 4.78 is 0. The second-order valence-electron chi connectivity index (χ2n) is 2.48. The van der Waals surface area contributed by atoms with Gasteiger partial charge in [0.05, 0.1) is 0 Å². The molecule has 0 amide bonds. The van der Waals surface area contributed by atoms with Crippen LogP contribution in [0.2, 0.25) is 0 Å². The average Bonchev–Trinajstić information content (AvgIpc) is 2.36. The average molecular weight is 157 g/mol. The molecule has 0 spiro atoms. The van der Waals surface area contributed by atoms with E-state index in [1.807, 2.05) is 11.8 Å². The van der Waals surface area contributed by atoms with Crippen LogP contribution < -0.4 is 0 Å². The summed E-state index contributed by atoms with van der Waals surface area (Å²) in [4.78, 5) is 2.83. The van der Waals surface area contributed by atoms with Gasteiger partial charge in [0.15, 0.2) is 0 Å². The molecule has 1 rings (SSSR count). The van der Waals surface area contributed by atoms with Gasteiger partial charge < -0.3 is 0 Å². The number of nitrogens with zero attached hydrogens (tertiary/aromatic N) is 3. The Hall–Kier alpha value is -0.340. The Morgan fingerprint density at radius 3 is 3.00 bits per heavy atom. The van der Waals surface area contributed by atoms with Gasteiger partial charge >= 0.3 is 0 Å². The minimum atomic E-state index is 0.264. The third-order valence-corrected chi connectivity index (χ3v) is 3.08. The van der Waals surface area contributed by atoms with Gasteiger partial charge in [0.25, 0.3) is 0 Å². The van der Waals surface area contributed by atoms with E-state index in [0.717, 1.165) is 6.42 Å². The van der Waals surface area contributed by atoms with Crippen molar-refractivity contribution in [2.45, 2.75) is 30.6 Å². The van der Waals surface area contributed by atoms with Gasteiger partial charge in [-0.15, -0.1) is 0 Å². The Labute approximate surface area is 64.8 Å². The maximum atomic E-state index is 8.19. The van der Waals surface area contributed by atoms with Crippen LogP contribution >= 0.6 is 11.8 Å². The van der Waals surface area contributed by atoms with E-state index in [4.69, 9.17) is 5.53 Å². The van der Waals surface area contributed by atoms with E-state index in [1.54, 1.807) is 0 Å². The normalized spacial score (nSPS) is 31.7. The van der Waals surface area contributed by atoms with Gasteiger partial charge in [-0.05, 0) is 24.6 Å². The lowest BCUT2D eigenvalue weighted by atomic mass is 10.3. The fourth-order valence-corrected chi connectivity index (χ4v) is 2.29. The van der Waals surface area contributed by atoms with Crippen molar-refractivity contribution >= 4 is 11.8 Å². The molecular weight excluding hydrogens is 146 g/mol. The molecule has 0 aromatic carbocycles. The van der Waals surface area contributed by atoms with E-state index >= 15 is 0 Å². The van der Waals surface area contributed by atoms with Crippen LogP contribution in [0.15, 0.2) is 5.11 Å². The molecule has 0 N–H and O–H groups in total. The Bertz CT molecular complexity index is 153. The fraction of sp³-hybridized carbons (Fsp3) is 1.00. The molecule has 4 heteroatoms. The van der Waals surface area contributed by atoms with Crippen molar-refractivity contribution in [2.24, 2.45) is 5.11 Å². The second kappa shape index (κ2) is 3.74. The summed E-state index contributed by atoms with van der Waals surface area (Å²) in [6.45, 7) is 0. The maximum absolute atomic E-state index is 8.19. The first kappa shape index (κ1) is 7.76. The first-order valence-electron chi connectivity index (χ1n) is 3.45. The van der Waals surface area contributed by atoms with Crippen LogP contribution in [0.5, 0.6) is 0 Å². The summed E-state index contributed by atoms with van der Waals surface area (Å²) in [5.41, 5.74) is 8.19. The zero-order valence-electron chi connectivity index (χ0n) is 6.03. The van der Waals surface area contributed by atoms with Gasteiger partial charge in [-0.3, -0.25) is 0 Å². The lowest BCUT2D eigenvalue weighted by Gasteiger charge is -2.09. The predicted molar refractivity (Wildman–Crippen MR) is 44.1 cm³/mol.